The molecule has 2 aliphatic rings. The molecule has 200 valence electrons. The normalized spacial score (nSPS) is 23.5. The highest BCUT2D eigenvalue weighted by Crippen LogP contribution is 2.37. The lowest BCUT2D eigenvalue weighted by Gasteiger charge is -2.36. The molecule has 4 rings (SSSR count). The number of rotatable bonds is 7. The number of aryl methyl sites for hydroxylation is 1. The maximum Gasteiger partial charge on any atom is 0.407 e. The van der Waals surface area contributed by atoms with Gasteiger partial charge in [-0.1, -0.05) is 12.1 Å². The van der Waals surface area contributed by atoms with Gasteiger partial charge < -0.3 is 20.1 Å². The van der Waals surface area contributed by atoms with Crippen LogP contribution in [0.2, 0.25) is 0 Å². The third-order valence-corrected chi connectivity index (χ3v) is 7.62. The smallest absolute Gasteiger partial charge is 0.407 e. The first-order valence-electron chi connectivity index (χ1n) is 13.5. The average molecular weight is 508 g/mol. The summed E-state index contributed by atoms with van der Waals surface area (Å²) in [6.45, 7) is 6.18. The summed E-state index contributed by atoms with van der Waals surface area (Å²) in [4.78, 5) is 29.6. The van der Waals surface area contributed by atoms with Crippen LogP contribution in [-0.4, -0.2) is 42.3 Å². The van der Waals surface area contributed by atoms with Gasteiger partial charge in [-0.2, -0.15) is 0 Å². The first kappa shape index (κ1) is 27.0. The minimum Gasteiger partial charge on any atom is -0.497 e. The first-order valence-corrected chi connectivity index (χ1v) is 13.5. The monoisotopic (exact) mass is 507 g/mol. The Labute approximate surface area is 220 Å². The number of nitrogens with one attached hydrogen (secondary N) is 2. The zero-order valence-corrected chi connectivity index (χ0v) is 22.6. The molecule has 1 unspecified atom stereocenters. The van der Waals surface area contributed by atoms with E-state index in [9.17, 15) is 9.59 Å². The number of hydrogen-bond donors (Lipinski definition) is 2. The van der Waals surface area contributed by atoms with Crippen molar-refractivity contribution in [2.45, 2.75) is 83.3 Å². The van der Waals surface area contributed by atoms with Crippen LogP contribution in [0.1, 0.15) is 75.5 Å². The predicted octanol–water partition coefficient (Wildman–Crippen LogP) is 5.18. The number of pyridine rings is 1. The van der Waals surface area contributed by atoms with Crippen molar-refractivity contribution in [2.24, 2.45) is 11.8 Å². The van der Waals surface area contributed by atoms with Gasteiger partial charge in [0.1, 0.15) is 11.4 Å². The van der Waals surface area contributed by atoms with E-state index in [1.165, 1.54) is 16.7 Å². The molecule has 0 radical (unpaired) electrons. The minimum absolute atomic E-state index is 0.0223. The third-order valence-electron chi connectivity index (χ3n) is 7.62. The highest BCUT2D eigenvalue weighted by atomic mass is 16.6. The fourth-order valence-corrected chi connectivity index (χ4v) is 5.69. The Kier molecular flexibility index (Phi) is 8.72. The second-order valence-electron chi connectivity index (χ2n) is 11.5. The van der Waals surface area contributed by atoms with E-state index in [0.29, 0.717) is 12.5 Å². The number of aromatic nitrogens is 1. The number of alkyl carbamates (subject to hydrolysis) is 1. The zero-order chi connectivity index (χ0) is 26.4. The van der Waals surface area contributed by atoms with Crippen LogP contribution in [0.25, 0.3) is 0 Å². The molecule has 2 amide bonds. The molecule has 1 aromatic heterocycles. The van der Waals surface area contributed by atoms with Crippen molar-refractivity contribution in [1.82, 2.24) is 15.6 Å². The van der Waals surface area contributed by atoms with Gasteiger partial charge in [0.05, 0.1) is 7.11 Å². The summed E-state index contributed by atoms with van der Waals surface area (Å²) in [7, 11) is 1.70. The van der Waals surface area contributed by atoms with Crippen LogP contribution in [0.15, 0.2) is 42.7 Å². The summed E-state index contributed by atoms with van der Waals surface area (Å²) in [6, 6.07) is 10.5. The lowest BCUT2D eigenvalue weighted by Crippen LogP contribution is -2.46. The SMILES string of the molecule is COc1ccc2c(c1)CC[C@@H](NC(=O)C1CCC(CNC(=O)OC(C)(C)C)CC1)C2Cc1cccnc1. The van der Waals surface area contributed by atoms with Gasteiger partial charge in [0.15, 0.2) is 0 Å². The Bertz CT molecular complexity index is 1060. The number of methoxy groups -OCH3 is 1. The standard InChI is InChI=1S/C30H41N3O4/c1-30(2,3)37-29(35)32-19-20-7-9-22(10-8-20)28(34)33-27-14-11-23-17-24(36-4)12-13-25(23)26(27)16-21-6-5-15-31-18-21/h5-6,12-13,15,17-18,20,22,26-27H,7-11,14,16,19H2,1-4H3,(H,32,35)(H,33,34)/t20?,22?,26?,27-/m1/s1. The second kappa shape index (κ2) is 12.0. The number of benzene rings is 1. The maximum atomic E-state index is 13.4. The van der Waals surface area contributed by atoms with Crippen molar-refractivity contribution in [2.75, 3.05) is 13.7 Å². The molecule has 2 atom stereocenters. The van der Waals surface area contributed by atoms with E-state index in [2.05, 4.69) is 33.8 Å². The number of nitrogens with zero attached hydrogens (tertiary/aromatic N) is 1. The molecule has 0 spiro atoms. The van der Waals surface area contributed by atoms with Gasteiger partial charge in [-0.15, -0.1) is 0 Å². The summed E-state index contributed by atoms with van der Waals surface area (Å²) in [5.41, 5.74) is 3.27. The van der Waals surface area contributed by atoms with Crippen LogP contribution >= 0.6 is 0 Å². The van der Waals surface area contributed by atoms with Crippen molar-refractivity contribution in [1.29, 1.82) is 0 Å². The Morgan fingerprint density at radius 2 is 1.86 bits per heavy atom. The molecule has 0 bridgehead atoms. The van der Waals surface area contributed by atoms with Gasteiger partial charge in [0, 0.05) is 36.8 Å². The molecular formula is C30H41N3O4. The topological polar surface area (TPSA) is 89.6 Å². The zero-order valence-electron chi connectivity index (χ0n) is 22.6. The Balaban J connectivity index is 1.35. The molecule has 1 saturated carbocycles. The molecular weight excluding hydrogens is 466 g/mol. The van der Waals surface area contributed by atoms with Crippen LogP contribution < -0.4 is 15.4 Å². The Morgan fingerprint density at radius 1 is 1.08 bits per heavy atom. The van der Waals surface area contributed by atoms with E-state index < -0.39 is 5.60 Å². The van der Waals surface area contributed by atoms with Gasteiger partial charge >= 0.3 is 6.09 Å². The molecule has 1 aromatic carbocycles. The third kappa shape index (κ3) is 7.46. The summed E-state index contributed by atoms with van der Waals surface area (Å²) in [5, 5.41) is 6.33. The lowest BCUT2D eigenvalue weighted by atomic mass is 9.75. The van der Waals surface area contributed by atoms with Gasteiger partial charge in [-0.3, -0.25) is 9.78 Å². The fourth-order valence-electron chi connectivity index (χ4n) is 5.69. The van der Waals surface area contributed by atoms with Crippen LogP contribution in [0.3, 0.4) is 0 Å². The molecule has 37 heavy (non-hydrogen) atoms. The molecule has 2 aliphatic carbocycles. The molecule has 0 aliphatic heterocycles. The molecule has 2 aromatic rings. The van der Waals surface area contributed by atoms with Gasteiger partial charge in [0.25, 0.3) is 0 Å². The lowest BCUT2D eigenvalue weighted by molar-refractivity contribution is -0.127. The number of hydrogen-bond acceptors (Lipinski definition) is 5. The largest absolute Gasteiger partial charge is 0.497 e. The Morgan fingerprint density at radius 3 is 2.54 bits per heavy atom. The number of carbonyl (C=O) groups excluding carboxylic acids is 2. The van der Waals surface area contributed by atoms with Crippen molar-refractivity contribution in [3.05, 3.63) is 59.4 Å². The van der Waals surface area contributed by atoms with E-state index in [1.807, 2.05) is 39.1 Å². The van der Waals surface area contributed by atoms with Crippen molar-refractivity contribution >= 4 is 12.0 Å². The number of ether oxygens (including phenoxy) is 2. The first-order chi connectivity index (χ1) is 17.7. The second-order valence-corrected chi connectivity index (χ2v) is 11.5. The summed E-state index contributed by atoms with van der Waals surface area (Å²) < 4.78 is 10.8. The van der Waals surface area contributed by atoms with E-state index in [0.717, 1.165) is 50.7 Å². The van der Waals surface area contributed by atoms with Crippen LogP contribution in [0.4, 0.5) is 4.79 Å². The molecule has 1 heterocycles. The number of carbonyl (C=O) groups is 2. The highest BCUT2D eigenvalue weighted by Gasteiger charge is 2.34. The quantitative estimate of drug-likeness (QED) is 0.539. The van der Waals surface area contributed by atoms with Gasteiger partial charge in [-0.05, 0) is 107 Å². The molecule has 7 heteroatoms. The fraction of sp³-hybridized carbons (Fsp3) is 0.567. The summed E-state index contributed by atoms with van der Waals surface area (Å²) in [6.07, 6.45) is 9.56. The van der Waals surface area contributed by atoms with E-state index in [-0.39, 0.29) is 29.9 Å². The number of fused-ring (bicyclic) bond motifs is 1. The molecule has 1 fully saturated rings. The van der Waals surface area contributed by atoms with Gasteiger partial charge in [0.2, 0.25) is 5.91 Å². The van der Waals surface area contributed by atoms with E-state index in [1.54, 1.807) is 13.3 Å². The van der Waals surface area contributed by atoms with Crippen LogP contribution in [0.5, 0.6) is 5.75 Å². The maximum absolute atomic E-state index is 13.4. The van der Waals surface area contributed by atoms with Crippen molar-refractivity contribution in [3.63, 3.8) is 0 Å². The molecule has 7 nitrogen and oxygen atoms in total. The summed E-state index contributed by atoms with van der Waals surface area (Å²) in [5.74, 6) is 1.63. The minimum atomic E-state index is -0.500. The summed E-state index contributed by atoms with van der Waals surface area (Å²) >= 11 is 0. The predicted molar refractivity (Wildman–Crippen MR) is 144 cm³/mol. The highest BCUT2D eigenvalue weighted by molar-refractivity contribution is 5.79. The van der Waals surface area contributed by atoms with Crippen molar-refractivity contribution < 1.29 is 19.1 Å². The molecule has 2 N–H and O–H groups in total. The molecule has 0 saturated heterocycles. The van der Waals surface area contributed by atoms with E-state index in [4.69, 9.17) is 9.47 Å². The average Bonchev–Trinajstić information content (AvgIpc) is 2.88. The number of amides is 2. The van der Waals surface area contributed by atoms with Crippen molar-refractivity contribution in [3.8, 4) is 5.75 Å². The van der Waals surface area contributed by atoms with E-state index >= 15 is 0 Å². The van der Waals surface area contributed by atoms with Crippen LogP contribution in [0, 0.1) is 11.8 Å². The van der Waals surface area contributed by atoms with Crippen LogP contribution in [-0.2, 0) is 22.4 Å². The Hall–Kier alpha value is -3.09. The van der Waals surface area contributed by atoms with Gasteiger partial charge in [-0.25, -0.2) is 4.79 Å².